The molecule has 0 amide bonds. The van der Waals surface area contributed by atoms with Crippen molar-refractivity contribution in [1.82, 2.24) is 0 Å². The molecule has 1 unspecified atom stereocenters. The third-order valence-corrected chi connectivity index (χ3v) is 3.76. The van der Waals surface area contributed by atoms with Crippen LogP contribution in [0.1, 0.15) is 30.5 Å². The monoisotopic (exact) mass is 282 g/mol. The Hall–Kier alpha value is -1.80. The Morgan fingerprint density at radius 2 is 1.76 bits per heavy atom. The van der Waals surface area contributed by atoms with Gasteiger partial charge in [-0.25, -0.2) is 0 Å². The van der Waals surface area contributed by atoms with E-state index in [4.69, 9.17) is 5.73 Å². The Morgan fingerprint density at radius 1 is 1.05 bits per heavy atom. The predicted molar refractivity (Wildman–Crippen MR) is 91.7 cm³/mol. The maximum atomic E-state index is 5.89. The molecule has 2 rings (SSSR count). The van der Waals surface area contributed by atoms with Crippen LogP contribution in [0.25, 0.3) is 0 Å². The molecule has 0 saturated carbocycles. The van der Waals surface area contributed by atoms with Crippen molar-refractivity contribution in [3.63, 3.8) is 0 Å². The third kappa shape index (κ3) is 4.33. The third-order valence-electron chi connectivity index (χ3n) is 3.76. The van der Waals surface area contributed by atoms with Gasteiger partial charge in [0.25, 0.3) is 0 Å². The van der Waals surface area contributed by atoms with E-state index in [2.05, 4.69) is 74.2 Å². The highest BCUT2D eigenvalue weighted by atomic mass is 15.1. The summed E-state index contributed by atoms with van der Waals surface area (Å²) in [5, 5.41) is 0. The Kier molecular flexibility index (Phi) is 5.40. The van der Waals surface area contributed by atoms with Gasteiger partial charge in [0.1, 0.15) is 0 Å². The fraction of sp³-hybridized carbons (Fsp3) is 0.368. The van der Waals surface area contributed by atoms with Gasteiger partial charge in [-0.05, 0) is 49.9 Å². The lowest BCUT2D eigenvalue weighted by Gasteiger charge is -2.25. The highest BCUT2D eigenvalue weighted by Gasteiger charge is 2.09. The number of hydrogen-bond donors (Lipinski definition) is 1. The molecule has 0 aliphatic carbocycles. The standard InChI is InChI=1S/C19H26N2/c1-4-21(14-17-8-6-5-7-9-17)19-11-10-18(12-15(19)2)13-16(3)20/h5-12,16H,4,13-14,20H2,1-3H3. The van der Waals surface area contributed by atoms with Gasteiger partial charge in [-0.3, -0.25) is 0 Å². The highest BCUT2D eigenvalue weighted by Crippen LogP contribution is 2.23. The van der Waals surface area contributed by atoms with E-state index in [0.717, 1.165) is 19.5 Å². The van der Waals surface area contributed by atoms with Crippen molar-refractivity contribution in [2.75, 3.05) is 11.4 Å². The zero-order chi connectivity index (χ0) is 15.2. The largest absolute Gasteiger partial charge is 0.367 e. The normalized spacial score (nSPS) is 12.2. The second kappa shape index (κ2) is 7.28. The topological polar surface area (TPSA) is 29.3 Å². The summed E-state index contributed by atoms with van der Waals surface area (Å²) < 4.78 is 0. The second-order valence-electron chi connectivity index (χ2n) is 5.80. The van der Waals surface area contributed by atoms with E-state index in [1.54, 1.807) is 0 Å². The van der Waals surface area contributed by atoms with Crippen molar-refractivity contribution < 1.29 is 0 Å². The second-order valence-corrected chi connectivity index (χ2v) is 5.80. The first-order valence-corrected chi connectivity index (χ1v) is 7.74. The van der Waals surface area contributed by atoms with E-state index >= 15 is 0 Å². The van der Waals surface area contributed by atoms with Crippen LogP contribution in [0.3, 0.4) is 0 Å². The molecule has 112 valence electrons. The first-order chi connectivity index (χ1) is 10.1. The van der Waals surface area contributed by atoms with Crippen molar-refractivity contribution >= 4 is 5.69 Å². The minimum Gasteiger partial charge on any atom is -0.367 e. The fourth-order valence-corrected chi connectivity index (χ4v) is 2.74. The van der Waals surface area contributed by atoms with Gasteiger partial charge in [-0.2, -0.15) is 0 Å². The van der Waals surface area contributed by atoms with Crippen molar-refractivity contribution in [3.8, 4) is 0 Å². The molecule has 0 aliphatic heterocycles. The maximum Gasteiger partial charge on any atom is 0.0429 e. The number of rotatable bonds is 6. The summed E-state index contributed by atoms with van der Waals surface area (Å²) in [6.07, 6.45) is 0.936. The van der Waals surface area contributed by atoms with Gasteiger partial charge in [-0.1, -0.05) is 42.5 Å². The average Bonchev–Trinajstić information content (AvgIpc) is 2.46. The van der Waals surface area contributed by atoms with Crippen molar-refractivity contribution in [3.05, 3.63) is 65.2 Å². The van der Waals surface area contributed by atoms with E-state index in [1.165, 1.54) is 22.4 Å². The molecule has 21 heavy (non-hydrogen) atoms. The molecular weight excluding hydrogens is 256 g/mol. The van der Waals surface area contributed by atoms with Crippen molar-refractivity contribution in [1.29, 1.82) is 0 Å². The first kappa shape index (κ1) is 15.6. The van der Waals surface area contributed by atoms with Crippen LogP contribution in [0.5, 0.6) is 0 Å². The highest BCUT2D eigenvalue weighted by molar-refractivity contribution is 5.54. The van der Waals surface area contributed by atoms with Gasteiger partial charge in [0, 0.05) is 24.8 Å². The summed E-state index contributed by atoms with van der Waals surface area (Å²) in [6.45, 7) is 8.40. The van der Waals surface area contributed by atoms with Gasteiger partial charge in [0.15, 0.2) is 0 Å². The van der Waals surface area contributed by atoms with Crippen molar-refractivity contribution in [2.45, 2.75) is 39.8 Å². The Morgan fingerprint density at radius 3 is 2.33 bits per heavy atom. The Labute approximate surface area is 128 Å². The SMILES string of the molecule is CCN(Cc1ccccc1)c1ccc(CC(C)N)cc1C. The van der Waals surface area contributed by atoms with Gasteiger partial charge < -0.3 is 10.6 Å². The number of hydrogen-bond acceptors (Lipinski definition) is 2. The van der Waals surface area contributed by atoms with Crippen LogP contribution >= 0.6 is 0 Å². The van der Waals surface area contributed by atoms with Gasteiger partial charge in [0.2, 0.25) is 0 Å². The lowest BCUT2D eigenvalue weighted by Crippen LogP contribution is -2.23. The average molecular weight is 282 g/mol. The molecule has 0 heterocycles. The van der Waals surface area contributed by atoms with Crippen LogP contribution in [0.2, 0.25) is 0 Å². The molecular formula is C19H26N2. The zero-order valence-electron chi connectivity index (χ0n) is 13.3. The molecule has 0 bridgehead atoms. The molecule has 2 N–H and O–H groups in total. The van der Waals surface area contributed by atoms with E-state index in [9.17, 15) is 0 Å². The van der Waals surface area contributed by atoms with Crippen LogP contribution in [-0.4, -0.2) is 12.6 Å². The molecule has 0 aromatic heterocycles. The number of aryl methyl sites for hydroxylation is 1. The molecule has 0 saturated heterocycles. The van der Waals surface area contributed by atoms with Crippen LogP contribution < -0.4 is 10.6 Å². The van der Waals surface area contributed by atoms with Crippen LogP contribution in [0.15, 0.2) is 48.5 Å². The summed E-state index contributed by atoms with van der Waals surface area (Å²) in [6, 6.07) is 17.6. The lowest BCUT2D eigenvalue weighted by molar-refractivity contribution is 0.737. The predicted octanol–water partition coefficient (Wildman–Crippen LogP) is 3.91. The summed E-state index contributed by atoms with van der Waals surface area (Å²) >= 11 is 0. The molecule has 0 spiro atoms. The van der Waals surface area contributed by atoms with E-state index < -0.39 is 0 Å². The minimum absolute atomic E-state index is 0.210. The lowest BCUT2D eigenvalue weighted by atomic mass is 10.0. The first-order valence-electron chi connectivity index (χ1n) is 7.74. The molecule has 0 aliphatic rings. The van der Waals surface area contributed by atoms with Gasteiger partial charge in [-0.15, -0.1) is 0 Å². The van der Waals surface area contributed by atoms with Gasteiger partial charge >= 0.3 is 0 Å². The van der Waals surface area contributed by atoms with E-state index in [0.29, 0.717) is 0 Å². The van der Waals surface area contributed by atoms with Crippen LogP contribution in [0, 0.1) is 6.92 Å². The molecule has 2 aromatic carbocycles. The Balaban J connectivity index is 2.18. The maximum absolute atomic E-state index is 5.89. The van der Waals surface area contributed by atoms with Crippen LogP contribution in [0.4, 0.5) is 5.69 Å². The summed E-state index contributed by atoms with van der Waals surface area (Å²) in [5.74, 6) is 0. The quantitative estimate of drug-likeness (QED) is 0.870. The fourth-order valence-electron chi connectivity index (χ4n) is 2.74. The van der Waals surface area contributed by atoms with E-state index in [-0.39, 0.29) is 6.04 Å². The minimum atomic E-state index is 0.210. The van der Waals surface area contributed by atoms with Crippen molar-refractivity contribution in [2.24, 2.45) is 5.73 Å². The molecule has 2 heteroatoms. The smallest absolute Gasteiger partial charge is 0.0429 e. The molecule has 0 fully saturated rings. The van der Waals surface area contributed by atoms with E-state index in [1.807, 2.05) is 0 Å². The van der Waals surface area contributed by atoms with Gasteiger partial charge in [0.05, 0.1) is 0 Å². The number of nitrogens with zero attached hydrogens (tertiary/aromatic N) is 1. The molecule has 1 atom stereocenters. The molecule has 2 aromatic rings. The summed E-state index contributed by atoms with van der Waals surface area (Å²) in [7, 11) is 0. The van der Waals surface area contributed by atoms with Crippen LogP contribution in [-0.2, 0) is 13.0 Å². The molecule has 2 nitrogen and oxygen atoms in total. The number of benzene rings is 2. The number of anilines is 1. The molecule has 0 radical (unpaired) electrons. The summed E-state index contributed by atoms with van der Waals surface area (Å²) in [4.78, 5) is 2.42. The Bertz CT molecular complexity index is 561. The summed E-state index contributed by atoms with van der Waals surface area (Å²) in [5.41, 5.74) is 11.2. The zero-order valence-corrected chi connectivity index (χ0v) is 13.3. The number of nitrogens with two attached hydrogens (primary N) is 1.